The van der Waals surface area contributed by atoms with Gasteiger partial charge in [-0.2, -0.15) is 0 Å². The summed E-state index contributed by atoms with van der Waals surface area (Å²) >= 11 is 18.0. The van der Waals surface area contributed by atoms with E-state index in [9.17, 15) is 0 Å². The number of nitrogens with zero attached hydrogens (tertiary/aromatic N) is 2. The highest BCUT2D eigenvalue weighted by atomic mass is 35.5. The van der Waals surface area contributed by atoms with Crippen molar-refractivity contribution in [3.8, 4) is 0 Å². The van der Waals surface area contributed by atoms with Gasteiger partial charge >= 0.3 is 0 Å². The van der Waals surface area contributed by atoms with Crippen LogP contribution in [0.2, 0.25) is 15.2 Å². The third kappa shape index (κ3) is 2.81. The Labute approximate surface area is 117 Å². The average Bonchev–Trinajstić information content (AvgIpc) is 2.27. The Morgan fingerprint density at radius 1 is 1.18 bits per heavy atom. The van der Waals surface area contributed by atoms with Crippen molar-refractivity contribution in [1.29, 1.82) is 0 Å². The standard InChI is InChI=1S/C12H15Cl3N2/c1-7-3-4-17(6-8(7)2)12-10(14)5-9(13)11(15)16-12/h5,7-8H,3-4,6H2,1-2H3. The summed E-state index contributed by atoms with van der Waals surface area (Å²) in [4.78, 5) is 6.47. The lowest BCUT2D eigenvalue weighted by molar-refractivity contribution is 0.323. The number of anilines is 1. The molecule has 94 valence electrons. The van der Waals surface area contributed by atoms with Crippen molar-refractivity contribution in [3.05, 3.63) is 21.3 Å². The average molecular weight is 294 g/mol. The molecule has 0 N–H and O–H groups in total. The van der Waals surface area contributed by atoms with Gasteiger partial charge in [-0.05, 0) is 24.3 Å². The monoisotopic (exact) mass is 292 g/mol. The van der Waals surface area contributed by atoms with Crippen molar-refractivity contribution in [2.45, 2.75) is 20.3 Å². The largest absolute Gasteiger partial charge is 0.355 e. The molecular formula is C12H15Cl3N2. The van der Waals surface area contributed by atoms with E-state index in [0.717, 1.165) is 31.2 Å². The highest BCUT2D eigenvalue weighted by Gasteiger charge is 2.25. The molecule has 0 bridgehead atoms. The second kappa shape index (κ2) is 5.21. The molecule has 0 aromatic carbocycles. The minimum Gasteiger partial charge on any atom is -0.355 e. The van der Waals surface area contributed by atoms with Crippen molar-refractivity contribution < 1.29 is 0 Å². The first kappa shape index (κ1) is 13.3. The van der Waals surface area contributed by atoms with E-state index in [4.69, 9.17) is 34.8 Å². The molecule has 5 heteroatoms. The number of rotatable bonds is 1. The van der Waals surface area contributed by atoms with Gasteiger partial charge in [0.1, 0.15) is 11.0 Å². The molecule has 2 heterocycles. The second-order valence-electron chi connectivity index (χ2n) is 4.76. The van der Waals surface area contributed by atoms with E-state index in [1.807, 2.05) is 0 Å². The van der Waals surface area contributed by atoms with Crippen molar-refractivity contribution >= 4 is 40.6 Å². The number of pyridine rings is 1. The van der Waals surface area contributed by atoms with Crippen LogP contribution in [0.1, 0.15) is 20.3 Å². The van der Waals surface area contributed by atoms with Gasteiger partial charge < -0.3 is 4.90 Å². The van der Waals surface area contributed by atoms with Crippen LogP contribution in [0.5, 0.6) is 0 Å². The first-order chi connectivity index (χ1) is 7.99. The lowest BCUT2D eigenvalue weighted by atomic mass is 9.89. The van der Waals surface area contributed by atoms with E-state index >= 15 is 0 Å². The summed E-state index contributed by atoms with van der Waals surface area (Å²) in [5.41, 5.74) is 0. The van der Waals surface area contributed by atoms with Crippen LogP contribution in [0.15, 0.2) is 6.07 Å². The Balaban J connectivity index is 2.26. The fraction of sp³-hybridized carbons (Fsp3) is 0.583. The maximum atomic E-state index is 6.17. The number of hydrogen-bond donors (Lipinski definition) is 0. The minimum atomic E-state index is 0.317. The predicted molar refractivity (Wildman–Crippen MR) is 74.4 cm³/mol. The summed E-state index contributed by atoms with van der Waals surface area (Å²) in [5, 5.41) is 1.29. The molecule has 1 aliphatic rings. The molecule has 0 saturated carbocycles. The summed E-state index contributed by atoms with van der Waals surface area (Å²) in [5.74, 6) is 2.13. The summed E-state index contributed by atoms with van der Waals surface area (Å²) in [7, 11) is 0. The molecular weight excluding hydrogens is 279 g/mol. The zero-order valence-electron chi connectivity index (χ0n) is 9.88. The Hall–Kier alpha value is -0.180. The first-order valence-electron chi connectivity index (χ1n) is 5.75. The number of halogens is 3. The summed E-state index contributed by atoms with van der Waals surface area (Å²) < 4.78 is 0. The van der Waals surface area contributed by atoms with Gasteiger partial charge in [-0.3, -0.25) is 0 Å². The fourth-order valence-electron chi connectivity index (χ4n) is 2.11. The van der Waals surface area contributed by atoms with Crippen LogP contribution < -0.4 is 4.90 Å². The van der Waals surface area contributed by atoms with E-state index in [-0.39, 0.29) is 0 Å². The molecule has 1 aromatic heterocycles. The topological polar surface area (TPSA) is 16.1 Å². The minimum absolute atomic E-state index is 0.317. The second-order valence-corrected chi connectivity index (χ2v) is 5.93. The molecule has 1 fully saturated rings. The number of piperidine rings is 1. The maximum absolute atomic E-state index is 6.17. The van der Waals surface area contributed by atoms with E-state index in [2.05, 4.69) is 23.7 Å². The molecule has 2 rings (SSSR count). The molecule has 0 spiro atoms. The summed E-state index contributed by atoms with van der Waals surface area (Å²) in [6, 6.07) is 1.66. The zero-order valence-corrected chi connectivity index (χ0v) is 12.1. The molecule has 2 unspecified atom stereocenters. The molecule has 2 nitrogen and oxygen atoms in total. The van der Waals surface area contributed by atoms with Crippen LogP contribution in [-0.2, 0) is 0 Å². The van der Waals surface area contributed by atoms with Gasteiger partial charge in [0, 0.05) is 13.1 Å². The van der Waals surface area contributed by atoms with E-state index in [0.29, 0.717) is 21.1 Å². The molecule has 0 radical (unpaired) electrons. The van der Waals surface area contributed by atoms with Crippen molar-refractivity contribution in [3.63, 3.8) is 0 Å². The van der Waals surface area contributed by atoms with Crippen LogP contribution in [0, 0.1) is 11.8 Å². The third-order valence-electron chi connectivity index (χ3n) is 3.50. The van der Waals surface area contributed by atoms with Crippen molar-refractivity contribution in [1.82, 2.24) is 4.98 Å². The van der Waals surface area contributed by atoms with Gasteiger partial charge in [0.2, 0.25) is 0 Å². The third-order valence-corrected chi connectivity index (χ3v) is 4.45. The van der Waals surface area contributed by atoms with Crippen molar-refractivity contribution in [2.75, 3.05) is 18.0 Å². The highest BCUT2D eigenvalue weighted by Crippen LogP contribution is 2.34. The van der Waals surface area contributed by atoms with Gasteiger partial charge in [-0.15, -0.1) is 0 Å². The SMILES string of the molecule is CC1CCN(c2nc(Cl)c(Cl)cc2Cl)CC1C. The molecule has 0 aliphatic carbocycles. The number of hydrogen-bond acceptors (Lipinski definition) is 2. The normalized spacial score (nSPS) is 25.1. The van der Waals surface area contributed by atoms with Gasteiger partial charge in [0.25, 0.3) is 0 Å². The Kier molecular flexibility index (Phi) is 4.06. The van der Waals surface area contributed by atoms with Crippen LogP contribution >= 0.6 is 34.8 Å². The molecule has 1 aromatic rings. The molecule has 2 atom stereocenters. The summed E-state index contributed by atoms with van der Waals surface area (Å²) in [6.07, 6.45) is 1.15. The molecule has 0 amide bonds. The predicted octanol–water partition coefficient (Wildman–Crippen LogP) is 4.52. The lowest BCUT2D eigenvalue weighted by Crippen LogP contribution is -2.39. The Morgan fingerprint density at radius 3 is 2.53 bits per heavy atom. The number of aromatic nitrogens is 1. The Bertz CT molecular complexity index is 422. The van der Waals surface area contributed by atoms with Crippen LogP contribution in [0.3, 0.4) is 0 Å². The van der Waals surface area contributed by atoms with E-state index in [1.165, 1.54) is 0 Å². The van der Waals surface area contributed by atoms with Crippen LogP contribution in [-0.4, -0.2) is 18.1 Å². The summed E-state index contributed by atoms with van der Waals surface area (Å²) in [6.45, 7) is 6.47. The van der Waals surface area contributed by atoms with Gasteiger partial charge in [-0.1, -0.05) is 48.7 Å². The Morgan fingerprint density at radius 2 is 1.88 bits per heavy atom. The van der Waals surface area contributed by atoms with E-state index in [1.54, 1.807) is 6.07 Å². The molecule has 1 aliphatic heterocycles. The smallest absolute Gasteiger partial charge is 0.150 e. The highest BCUT2D eigenvalue weighted by molar-refractivity contribution is 6.42. The van der Waals surface area contributed by atoms with Crippen LogP contribution in [0.4, 0.5) is 5.82 Å². The maximum Gasteiger partial charge on any atom is 0.150 e. The van der Waals surface area contributed by atoms with Crippen LogP contribution in [0.25, 0.3) is 0 Å². The quantitative estimate of drug-likeness (QED) is 0.708. The first-order valence-corrected chi connectivity index (χ1v) is 6.89. The molecule has 17 heavy (non-hydrogen) atoms. The van der Waals surface area contributed by atoms with Crippen molar-refractivity contribution in [2.24, 2.45) is 11.8 Å². The van der Waals surface area contributed by atoms with Gasteiger partial charge in [0.05, 0.1) is 10.0 Å². The van der Waals surface area contributed by atoms with Gasteiger partial charge in [0.15, 0.2) is 0 Å². The zero-order chi connectivity index (χ0) is 12.6. The fourth-order valence-corrected chi connectivity index (χ4v) is 2.72. The molecule has 1 saturated heterocycles. The van der Waals surface area contributed by atoms with E-state index < -0.39 is 0 Å². The van der Waals surface area contributed by atoms with Gasteiger partial charge in [-0.25, -0.2) is 4.98 Å². The lowest BCUT2D eigenvalue weighted by Gasteiger charge is -2.36.